The fourth-order valence-electron chi connectivity index (χ4n) is 3.48. The first-order valence-corrected chi connectivity index (χ1v) is 9.29. The van der Waals surface area contributed by atoms with E-state index in [0.717, 1.165) is 40.0 Å². The van der Waals surface area contributed by atoms with Crippen molar-refractivity contribution in [3.63, 3.8) is 0 Å². The average Bonchev–Trinajstić information content (AvgIpc) is 3.17. The van der Waals surface area contributed by atoms with Crippen LogP contribution in [-0.4, -0.2) is 28.5 Å². The smallest absolute Gasteiger partial charge is 0.222 e. The summed E-state index contributed by atoms with van der Waals surface area (Å²) in [6.07, 6.45) is 2.40. The molecule has 0 aliphatic carbocycles. The van der Waals surface area contributed by atoms with E-state index >= 15 is 0 Å². The summed E-state index contributed by atoms with van der Waals surface area (Å²) in [6, 6.07) is 14.1. The van der Waals surface area contributed by atoms with Crippen molar-refractivity contribution in [2.75, 3.05) is 19.0 Å². The molecule has 1 aromatic heterocycles. The van der Waals surface area contributed by atoms with E-state index in [1.807, 2.05) is 48.0 Å². The Morgan fingerprint density at radius 3 is 2.67 bits per heavy atom. The molecule has 27 heavy (non-hydrogen) atoms. The first-order valence-electron chi connectivity index (χ1n) is 8.91. The molecule has 3 aromatic rings. The van der Waals surface area contributed by atoms with Gasteiger partial charge in [-0.15, -0.1) is 0 Å². The minimum atomic E-state index is 0.0361. The molecule has 1 aliphatic rings. The zero-order valence-corrected chi connectivity index (χ0v) is 16.0. The largest absolute Gasteiger partial charge is 0.493 e. The van der Waals surface area contributed by atoms with Gasteiger partial charge in [0.15, 0.2) is 11.5 Å². The lowest BCUT2D eigenvalue weighted by molar-refractivity contribution is 0.310. The molecule has 7 heteroatoms. The van der Waals surface area contributed by atoms with Crippen molar-refractivity contribution in [1.29, 1.82) is 0 Å². The van der Waals surface area contributed by atoms with Gasteiger partial charge in [0, 0.05) is 5.02 Å². The standard InChI is InChI=1S/C20H21ClN4O2/c1-3-27-18-9-6-14(10-19(18)26-2)17-11-16(13-4-7-15(21)8-5-13)24-20-22-12-23-25(17)20/h4-10,12,16-17H,3,11H2,1-2H3,(H,22,23,24)/t16-,17-/m0/s1. The number of nitrogens with one attached hydrogen (secondary N) is 1. The Balaban J connectivity index is 1.70. The quantitative estimate of drug-likeness (QED) is 0.702. The number of methoxy groups -OCH3 is 1. The lowest BCUT2D eigenvalue weighted by Gasteiger charge is -2.32. The maximum atomic E-state index is 6.04. The molecule has 0 unspecified atom stereocenters. The van der Waals surface area contributed by atoms with Crippen LogP contribution < -0.4 is 14.8 Å². The van der Waals surface area contributed by atoms with E-state index in [1.165, 1.54) is 0 Å². The molecular formula is C20H21ClN4O2. The predicted molar refractivity (Wildman–Crippen MR) is 105 cm³/mol. The van der Waals surface area contributed by atoms with Crippen molar-refractivity contribution >= 4 is 17.5 Å². The van der Waals surface area contributed by atoms with Crippen molar-refractivity contribution in [2.45, 2.75) is 25.4 Å². The van der Waals surface area contributed by atoms with Gasteiger partial charge in [-0.2, -0.15) is 10.1 Å². The van der Waals surface area contributed by atoms with E-state index in [4.69, 9.17) is 21.1 Å². The van der Waals surface area contributed by atoms with Crippen LogP contribution in [0.5, 0.6) is 11.5 Å². The summed E-state index contributed by atoms with van der Waals surface area (Å²) in [5.74, 6) is 2.21. The third-order valence-corrected chi connectivity index (χ3v) is 5.03. The van der Waals surface area contributed by atoms with Gasteiger partial charge in [-0.05, 0) is 48.7 Å². The molecule has 0 saturated heterocycles. The number of hydrogen-bond donors (Lipinski definition) is 1. The van der Waals surface area contributed by atoms with Gasteiger partial charge in [0.2, 0.25) is 5.95 Å². The van der Waals surface area contributed by atoms with Gasteiger partial charge >= 0.3 is 0 Å². The highest BCUT2D eigenvalue weighted by Crippen LogP contribution is 2.40. The number of halogens is 1. The molecule has 2 heterocycles. The van der Waals surface area contributed by atoms with Crippen LogP contribution >= 0.6 is 11.6 Å². The van der Waals surface area contributed by atoms with Crippen LogP contribution in [0.4, 0.5) is 5.95 Å². The molecule has 1 aliphatic heterocycles. The molecule has 0 spiro atoms. The van der Waals surface area contributed by atoms with Gasteiger partial charge in [0.1, 0.15) is 6.33 Å². The molecule has 2 aromatic carbocycles. The molecular weight excluding hydrogens is 364 g/mol. The highest BCUT2D eigenvalue weighted by molar-refractivity contribution is 6.30. The van der Waals surface area contributed by atoms with Crippen LogP contribution in [0.15, 0.2) is 48.8 Å². The van der Waals surface area contributed by atoms with Crippen molar-refractivity contribution < 1.29 is 9.47 Å². The third-order valence-electron chi connectivity index (χ3n) is 4.78. The molecule has 2 atom stereocenters. The summed E-state index contributed by atoms with van der Waals surface area (Å²) in [5.41, 5.74) is 2.26. The lowest BCUT2D eigenvalue weighted by Crippen LogP contribution is -2.28. The van der Waals surface area contributed by atoms with Crippen molar-refractivity contribution in [2.24, 2.45) is 0 Å². The summed E-state index contributed by atoms with van der Waals surface area (Å²) >= 11 is 6.04. The second kappa shape index (κ2) is 7.48. The van der Waals surface area contributed by atoms with Gasteiger partial charge in [-0.25, -0.2) is 4.68 Å². The third kappa shape index (κ3) is 3.45. The van der Waals surface area contributed by atoms with E-state index in [-0.39, 0.29) is 12.1 Å². The number of aromatic nitrogens is 3. The second-order valence-electron chi connectivity index (χ2n) is 6.37. The van der Waals surface area contributed by atoms with Gasteiger partial charge in [-0.1, -0.05) is 29.8 Å². The van der Waals surface area contributed by atoms with Crippen LogP contribution in [0.25, 0.3) is 0 Å². The Bertz CT molecular complexity index is 926. The first kappa shape index (κ1) is 17.7. The van der Waals surface area contributed by atoms with E-state index in [0.29, 0.717) is 6.61 Å². The summed E-state index contributed by atoms with van der Waals surface area (Å²) in [7, 11) is 1.65. The van der Waals surface area contributed by atoms with Gasteiger partial charge in [-0.3, -0.25) is 0 Å². The SMILES string of the molecule is CCOc1ccc([C@@H]2C[C@@H](c3ccc(Cl)cc3)Nc3ncnn32)cc1OC. The summed E-state index contributed by atoms with van der Waals surface area (Å²) in [6.45, 7) is 2.55. The summed E-state index contributed by atoms with van der Waals surface area (Å²) in [4.78, 5) is 4.37. The maximum absolute atomic E-state index is 6.04. The van der Waals surface area contributed by atoms with Crippen molar-refractivity contribution in [1.82, 2.24) is 14.8 Å². The monoisotopic (exact) mass is 384 g/mol. The first-order chi connectivity index (χ1) is 13.2. The minimum Gasteiger partial charge on any atom is -0.493 e. The van der Waals surface area contributed by atoms with Crippen LogP contribution in [0, 0.1) is 0 Å². The highest BCUT2D eigenvalue weighted by atomic mass is 35.5. The highest BCUT2D eigenvalue weighted by Gasteiger charge is 2.30. The Kier molecular flexibility index (Phi) is 4.90. The Morgan fingerprint density at radius 2 is 1.93 bits per heavy atom. The van der Waals surface area contributed by atoms with Crippen LogP contribution in [0.1, 0.15) is 36.6 Å². The maximum Gasteiger partial charge on any atom is 0.222 e. The zero-order chi connectivity index (χ0) is 18.8. The molecule has 0 radical (unpaired) electrons. The number of fused-ring (bicyclic) bond motifs is 1. The molecule has 4 rings (SSSR count). The molecule has 0 saturated carbocycles. The molecule has 1 N–H and O–H groups in total. The summed E-state index contributed by atoms with van der Waals surface area (Å²) < 4.78 is 13.1. The van der Waals surface area contributed by atoms with Gasteiger partial charge < -0.3 is 14.8 Å². The van der Waals surface area contributed by atoms with Crippen LogP contribution in [-0.2, 0) is 0 Å². The molecule has 0 amide bonds. The second-order valence-corrected chi connectivity index (χ2v) is 6.81. The Hall–Kier alpha value is -2.73. The van der Waals surface area contributed by atoms with Crippen molar-refractivity contribution in [3.05, 3.63) is 64.9 Å². The van der Waals surface area contributed by atoms with Crippen molar-refractivity contribution in [3.8, 4) is 11.5 Å². The van der Waals surface area contributed by atoms with E-state index in [1.54, 1.807) is 13.4 Å². The fourth-order valence-corrected chi connectivity index (χ4v) is 3.60. The Morgan fingerprint density at radius 1 is 1.15 bits per heavy atom. The summed E-state index contributed by atoms with van der Waals surface area (Å²) in [5, 5.41) is 8.61. The number of ether oxygens (including phenoxy) is 2. The zero-order valence-electron chi connectivity index (χ0n) is 15.2. The number of anilines is 1. The predicted octanol–water partition coefficient (Wildman–Crippen LogP) is 4.49. The van der Waals surface area contributed by atoms with Gasteiger partial charge in [0.25, 0.3) is 0 Å². The number of benzene rings is 2. The normalized spacial score (nSPS) is 18.5. The fraction of sp³-hybridized carbons (Fsp3) is 0.300. The number of hydrogen-bond acceptors (Lipinski definition) is 5. The molecule has 6 nitrogen and oxygen atoms in total. The topological polar surface area (TPSA) is 61.2 Å². The number of rotatable bonds is 5. The van der Waals surface area contributed by atoms with Crippen LogP contribution in [0.3, 0.4) is 0 Å². The van der Waals surface area contributed by atoms with E-state index in [9.17, 15) is 0 Å². The molecule has 0 bridgehead atoms. The van der Waals surface area contributed by atoms with E-state index in [2.05, 4.69) is 21.5 Å². The lowest BCUT2D eigenvalue weighted by atomic mass is 9.93. The molecule has 140 valence electrons. The average molecular weight is 385 g/mol. The van der Waals surface area contributed by atoms with E-state index < -0.39 is 0 Å². The van der Waals surface area contributed by atoms with Crippen LogP contribution in [0.2, 0.25) is 5.02 Å². The number of nitrogens with zero attached hydrogens (tertiary/aromatic N) is 3. The van der Waals surface area contributed by atoms with Gasteiger partial charge in [0.05, 0.1) is 25.8 Å². The minimum absolute atomic E-state index is 0.0361. The molecule has 0 fully saturated rings. The Labute approximate surface area is 163 Å².